The highest BCUT2D eigenvalue weighted by atomic mass is 32.2. The fourth-order valence-corrected chi connectivity index (χ4v) is 2.25. The van der Waals surface area contributed by atoms with Crippen molar-refractivity contribution < 1.29 is 4.74 Å². The van der Waals surface area contributed by atoms with Gasteiger partial charge < -0.3 is 4.74 Å². The van der Waals surface area contributed by atoms with E-state index in [1.165, 1.54) is 0 Å². The van der Waals surface area contributed by atoms with E-state index in [0.717, 1.165) is 28.9 Å². The molecule has 0 bridgehead atoms. The van der Waals surface area contributed by atoms with Crippen molar-refractivity contribution in [2.75, 3.05) is 13.7 Å². The second-order valence-electron chi connectivity index (χ2n) is 5.27. The van der Waals surface area contributed by atoms with Crippen LogP contribution in [0.2, 0.25) is 0 Å². The summed E-state index contributed by atoms with van der Waals surface area (Å²) in [5, 5.41) is 16.1. The zero-order chi connectivity index (χ0) is 13.8. The molecule has 0 saturated carbocycles. The Labute approximate surface area is 113 Å². The largest absolute Gasteiger partial charge is 0.382 e. The van der Waals surface area contributed by atoms with E-state index in [4.69, 9.17) is 10.00 Å². The van der Waals surface area contributed by atoms with Crippen LogP contribution < -0.4 is 0 Å². The molecule has 1 atom stereocenters. The molecule has 1 rings (SSSR count). The molecule has 0 saturated heterocycles. The molecule has 0 fully saturated rings. The second kappa shape index (κ2) is 6.26. The van der Waals surface area contributed by atoms with Gasteiger partial charge in [0.2, 0.25) is 0 Å². The van der Waals surface area contributed by atoms with Gasteiger partial charge in [-0.3, -0.25) is 4.68 Å². The smallest absolute Gasteiger partial charge is 0.140 e. The first-order valence-corrected chi connectivity index (χ1v) is 6.90. The highest BCUT2D eigenvalue weighted by Gasteiger charge is 2.24. The maximum absolute atomic E-state index is 8.76. The zero-order valence-corrected chi connectivity index (χ0v) is 12.5. The van der Waals surface area contributed by atoms with Crippen LogP contribution in [0.5, 0.6) is 0 Å². The summed E-state index contributed by atoms with van der Waals surface area (Å²) in [5.74, 6) is 0. The molecule has 0 radical (unpaired) electrons. The molecule has 0 spiro atoms. The van der Waals surface area contributed by atoms with Crippen LogP contribution in [0.25, 0.3) is 0 Å². The Morgan fingerprint density at radius 3 is 2.67 bits per heavy atom. The fraction of sp³-hybridized carbons (Fsp3) is 0.692. The standard InChI is InChI=1S/C13H21N3OS/c1-6-10(8-17-5)16-11(13(2,3)4)7-12(15-16)18-9-14/h7,10H,6,8H2,1-5H3. The highest BCUT2D eigenvalue weighted by Crippen LogP contribution is 2.29. The Morgan fingerprint density at radius 2 is 2.22 bits per heavy atom. The number of methoxy groups -OCH3 is 1. The molecule has 5 heteroatoms. The SMILES string of the molecule is CCC(COC)n1nc(SC#N)cc1C(C)(C)C. The van der Waals surface area contributed by atoms with Gasteiger partial charge in [0.15, 0.2) is 0 Å². The van der Waals surface area contributed by atoms with Crippen molar-refractivity contribution in [3.8, 4) is 5.40 Å². The van der Waals surface area contributed by atoms with E-state index < -0.39 is 0 Å². The number of nitrogens with zero attached hydrogens (tertiary/aromatic N) is 3. The fourth-order valence-electron chi connectivity index (χ4n) is 1.86. The van der Waals surface area contributed by atoms with Gasteiger partial charge in [0.25, 0.3) is 0 Å². The highest BCUT2D eigenvalue weighted by molar-refractivity contribution is 8.03. The maximum atomic E-state index is 8.76. The molecule has 1 aromatic heterocycles. The average molecular weight is 267 g/mol. The Hall–Kier alpha value is -0.990. The number of hydrogen-bond donors (Lipinski definition) is 0. The topological polar surface area (TPSA) is 50.8 Å². The van der Waals surface area contributed by atoms with Crippen LogP contribution >= 0.6 is 11.8 Å². The summed E-state index contributed by atoms with van der Waals surface area (Å²) in [5.41, 5.74) is 1.15. The summed E-state index contributed by atoms with van der Waals surface area (Å²) in [6.45, 7) is 9.22. The maximum Gasteiger partial charge on any atom is 0.140 e. The quantitative estimate of drug-likeness (QED) is 0.606. The third-order valence-electron chi connectivity index (χ3n) is 2.81. The number of hydrogen-bond acceptors (Lipinski definition) is 4. The first-order chi connectivity index (χ1) is 8.43. The van der Waals surface area contributed by atoms with Gasteiger partial charge in [-0.2, -0.15) is 10.4 Å². The van der Waals surface area contributed by atoms with Crippen LogP contribution in [0.4, 0.5) is 0 Å². The van der Waals surface area contributed by atoms with Crippen molar-refractivity contribution in [2.24, 2.45) is 0 Å². The number of nitriles is 1. The lowest BCUT2D eigenvalue weighted by atomic mass is 9.92. The zero-order valence-electron chi connectivity index (χ0n) is 11.7. The van der Waals surface area contributed by atoms with Crippen LogP contribution in [0, 0.1) is 10.7 Å². The van der Waals surface area contributed by atoms with Gasteiger partial charge in [-0.15, -0.1) is 0 Å². The van der Waals surface area contributed by atoms with E-state index in [9.17, 15) is 0 Å². The molecule has 100 valence electrons. The first kappa shape index (κ1) is 15.1. The van der Waals surface area contributed by atoms with Crippen molar-refractivity contribution in [1.82, 2.24) is 9.78 Å². The molecule has 1 unspecified atom stereocenters. The number of thiocyanates is 1. The minimum Gasteiger partial charge on any atom is -0.382 e. The molecule has 4 nitrogen and oxygen atoms in total. The van der Waals surface area contributed by atoms with Gasteiger partial charge in [-0.05, 0) is 12.5 Å². The Bertz CT molecular complexity index is 428. The minimum absolute atomic E-state index is 0.00241. The predicted molar refractivity (Wildman–Crippen MR) is 73.6 cm³/mol. The van der Waals surface area contributed by atoms with E-state index in [1.807, 2.05) is 10.7 Å². The third kappa shape index (κ3) is 3.50. The van der Waals surface area contributed by atoms with Crippen LogP contribution in [-0.2, 0) is 10.2 Å². The molecule has 0 aliphatic heterocycles. The molecular weight excluding hydrogens is 246 g/mol. The van der Waals surface area contributed by atoms with Crippen molar-refractivity contribution in [3.05, 3.63) is 11.8 Å². The lowest BCUT2D eigenvalue weighted by molar-refractivity contribution is 0.143. The summed E-state index contributed by atoms with van der Waals surface area (Å²) in [4.78, 5) is 0. The molecule has 0 aromatic carbocycles. The number of thioether (sulfide) groups is 1. The van der Waals surface area contributed by atoms with Crippen LogP contribution in [-0.4, -0.2) is 23.5 Å². The molecule has 18 heavy (non-hydrogen) atoms. The molecule has 0 aliphatic carbocycles. The van der Waals surface area contributed by atoms with Gasteiger partial charge in [-0.1, -0.05) is 27.7 Å². The predicted octanol–water partition coefficient (Wildman–Crippen LogP) is 3.35. The van der Waals surface area contributed by atoms with Gasteiger partial charge in [-0.25, -0.2) is 0 Å². The summed E-state index contributed by atoms with van der Waals surface area (Å²) < 4.78 is 7.27. The van der Waals surface area contributed by atoms with Gasteiger partial charge in [0.1, 0.15) is 10.4 Å². The Kier molecular flexibility index (Phi) is 5.24. The number of rotatable bonds is 5. The first-order valence-electron chi connectivity index (χ1n) is 6.09. The lowest BCUT2D eigenvalue weighted by Gasteiger charge is -2.24. The second-order valence-corrected chi connectivity index (χ2v) is 6.08. The molecular formula is C13H21N3OS. The summed E-state index contributed by atoms with van der Waals surface area (Å²) in [6.07, 6.45) is 0.954. The van der Waals surface area contributed by atoms with Crippen LogP contribution in [0.1, 0.15) is 45.9 Å². The summed E-state index contributed by atoms with van der Waals surface area (Å²) >= 11 is 1.11. The monoisotopic (exact) mass is 267 g/mol. The molecule has 0 aliphatic rings. The van der Waals surface area contributed by atoms with E-state index in [1.54, 1.807) is 7.11 Å². The molecule has 0 amide bonds. The normalized spacial score (nSPS) is 13.3. The van der Waals surface area contributed by atoms with E-state index in [-0.39, 0.29) is 11.5 Å². The Morgan fingerprint density at radius 1 is 1.56 bits per heavy atom. The van der Waals surface area contributed by atoms with Crippen molar-refractivity contribution in [1.29, 1.82) is 5.26 Å². The van der Waals surface area contributed by atoms with Gasteiger partial charge in [0, 0.05) is 30.0 Å². The van der Waals surface area contributed by atoms with Crippen molar-refractivity contribution in [2.45, 2.75) is 50.6 Å². The van der Waals surface area contributed by atoms with Crippen LogP contribution in [0.15, 0.2) is 11.1 Å². The third-order valence-corrected chi connectivity index (χ3v) is 3.31. The summed E-state index contributed by atoms with van der Waals surface area (Å²) in [6, 6.07) is 2.23. The minimum atomic E-state index is 0.00241. The average Bonchev–Trinajstić information content (AvgIpc) is 2.70. The number of aromatic nitrogens is 2. The van der Waals surface area contributed by atoms with Gasteiger partial charge in [0.05, 0.1) is 12.6 Å². The molecule has 0 N–H and O–H groups in total. The van der Waals surface area contributed by atoms with E-state index in [0.29, 0.717) is 6.61 Å². The van der Waals surface area contributed by atoms with Crippen LogP contribution in [0.3, 0.4) is 0 Å². The summed E-state index contributed by atoms with van der Waals surface area (Å²) in [7, 11) is 1.70. The van der Waals surface area contributed by atoms with Crippen molar-refractivity contribution >= 4 is 11.8 Å². The lowest BCUT2D eigenvalue weighted by Crippen LogP contribution is -2.24. The molecule has 1 aromatic rings. The number of ether oxygens (including phenoxy) is 1. The van der Waals surface area contributed by atoms with E-state index in [2.05, 4.69) is 38.2 Å². The van der Waals surface area contributed by atoms with Crippen molar-refractivity contribution in [3.63, 3.8) is 0 Å². The van der Waals surface area contributed by atoms with E-state index >= 15 is 0 Å². The van der Waals surface area contributed by atoms with Gasteiger partial charge >= 0.3 is 0 Å². The molecule has 1 heterocycles. The Balaban J connectivity index is 3.18.